The van der Waals surface area contributed by atoms with Gasteiger partial charge in [0.25, 0.3) is 5.91 Å². The molecule has 3 heterocycles. The Bertz CT molecular complexity index is 1790. The first kappa shape index (κ1) is 37.3. The van der Waals surface area contributed by atoms with Gasteiger partial charge in [-0.2, -0.15) is 0 Å². The average molecular weight is 705 g/mol. The highest BCUT2D eigenvalue weighted by Crippen LogP contribution is 2.26. The van der Waals surface area contributed by atoms with Crippen LogP contribution in [-0.4, -0.2) is 108 Å². The summed E-state index contributed by atoms with van der Waals surface area (Å²) >= 11 is 0. The normalized spacial score (nSPS) is 14.0. The Morgan fingerprint density at radius 3 is 1.69 bits per heavy atom. The first-order valence-corrected chi connectivity index (χ1v) is 17.6. The molecule has 0 saturated carbocycles. The van der Waals surface area contributed by atoms with Crippen LogP contribution in [0.5, 0.6) is 11.5 Å². The summed E-state index contributed by atoms with van der Waals surface area (Å²) in [6.45, 7) is 16.0. The highest BCUT2D eigenvalue weighted by molar-refractivity contribution is 5.86. The lowest BCUT2D eigenvalue weighted by Crippen LogP contribution is -2.50. The lowest BCUT2D eigenvalue weighted by molar-refractivity contribution is -0.135. The predicted molar refractivity (Wildman–Crippen MR) is 196 cm³/mol. The fourth-order valence-electron chi connectivity index (χ4n) is 5.88. The lowest BCUT2D eigenvalue weighted by Gasteiger charge is -2.34. The van der Waals surface area contributed by atoms with Gasteiger partial charge in [0.1, 0.15) is 29.3 Å². The first-order chi connectivity index (χ1) is 24.2. The van der Waals surface area contributed by atoms with Gasteiger partial charge in [-0.15, -0.1) is 0 Å². The minimum Gasteiger partial charge on any atom is -0.492 e. The maximum Gasteiger partial charge on any atom is 0.407 e. The number of H-pyrrole nitrogens is 2. The van der Waals surface area contributed by atoms with E-state index in [0.29, 0.717) is 51.4 Å². The zero-order valence-electron chi connectivity index (χ0n) is 30.6. The van der Waals surface area contributed by atoms with Gasteiger partial charge in [-0.25, -0.2) is 9.59 Å². The molecule has 0 radical (unpaired) electrons. The van der Waals surface area contributed by atoms with E-state index in [4.69, 9.17) is 18.9 Å². The van der Waals surface area contributed by atoms with Gasteiger partial charge < -0.3 is 44.4 Å². The molecule has 1 aliphatic heterocycles. The number of nitrogens with one attached hydrogen (secondary N) is 4. The molecular formula is C38H52N6O7. The van der Waals surface area contributed by atoms with Crippen molar-refractivity contribution in [2.75, 3.05) is 59.0 Å². The molecule has 13 heteroatoms. The van der Waals surface area contributed by atoms with Gasteiger partial charge in [-0.1, -0.05) is 0 Å². The Morgan fingerprint density at radius 2 is 1.20 bits per heavy atom. The van der Waals surface area contributed by atoms with E-state index in [9.17, 15) is 14.4 Å². The van der Waals surface area contributed by atoms with Crippen molar-refractivity contribution in [2.45, 2.75) is 65.6 Å². The minimum absolute atomic E-state index is 0.0325. The number of carbonyl (C=O) groups is 3. The van der Waals surface area contributed by atoms with Gasteiger partial charge in [0.15, 0.2) is 6.61 Å². The minimum atomic E-state index is -0.546. The van der Waals surface area contributed by atoms with E-state index < -0.39 is 23.4 Å². The van der Waals surface area contributed by atoms with E-state index in [1.165, 1.54) is 0 Å². The monoisotopic (exact) mass is 704 g/mol. The summed E-state index contributed by atoms with van der Waals surface area (Å²) in [4.78, 5) is 47.7. The molecular weight excluding hydrogens is 652 g/mol. The fraction of sp³-hybridized carbons (Fsp3) is 0.500. The molecule has 0 spiro atoms. The Balaban J connectivity index is 1.01. The fourth-order valence-corrected chi connectivity index (χ4v) is 5.88. The Hall–Kier alpha value is -4.91. The van der Waals surface area contributed by atoms with Crippen molar-refractivity contribution >= 4 is 39.9 Å². The molecule has 276 valence electrons. The van der Waals surface area contributed by atoms with Crippen LogP contribution in [0.3, 0.4) is 0 Å². The summed E-state index contributed by atoms with van der Waals surface area (Å²) in [6, 6.07) is 11.7. The van der Waals surface area contributed by atoms with Gasteiger partial charge in [0.2, 0.25) is 0 Å². The number of ether oxygens (including phenoxy) is 4. The van der Waals surface area contributed by atoms with Crippen LogP contribution in [0.25, 0.3) is 21.8 Å². The zero-order chi connectivity index (χ0) is 36.6. The Kier molecular flexibility index (Phi) is 12.0. The molecule has 4 aromatic rings. The third-order valence-corrected chi connectivity index (χ3v) is 8.37. The molecule has 1 aliphatic rings. The molecule has 0 aliphatic carbocycles. The predicted octanol–water partition coefficient (Wildman–Crippen LogP) is 5.39. The molecule has 1 saturated heterocycles. The van der Waals surface area contributed by atoms with Gasteiger partial charge >= 0.3 is 12.2 Å². The second-order valence-corrected chi connectivity index (χ2v) is 14.8. The van der Waals surface area contributed by atoms with Crippen LogP contribution in [-0.2, 0) is 27.1 Å². The molecule has 1 fully saturated rings. The highest BCUT2D eigenvalue weighted by Gasteiger charge is 2.22. The van der Waals surface area contributed by atoms with Crippen LogP contribution in [0.4, 0.5) is 9.59 Å². The summed E-state index contributed by atoms with van der Waals surface area (Å²) in [5.41, 5.74) is 3.03. The number of fused-ring (bicyclic) bond motifs is 2. The summed E-state index contributed by atoms with van der Waals surface area (Å²) in [7, 11) is 0. The van der Waals surface area contributed by atoms with Crippen LogP contribution < -0.4 is 20.1 Å². The number of piperazine rings is 1. The molecule has 2 aromatic heterocycles. The number of benzene rings is 2. The Morgan fingerprint density at radius 1 is 0.706 bits per heavy atom. The number of aromatic amines is 2. The highest BCUT2D eigenvalue weighted by atomic mass is 16.6. The first-order valence-electron chi connectivity index (χ1n) is 17.6. The number of amides is 3. The van der Waals surface area contributed by atoms with E-state index in [1.54, 1.807) is 0 Å². The summed E-state index contributed by atoms with van der Waals surface area (Å²) in [5, 5.41) is 7.66. The van der Waals surface area contributed by atoms with Crippen molar-refractivity contribution in [3.05, 3.63) is 59.9 Å². The van der Waals surface area contributed by atoms with E-state index >= 15 is 0 Å². The van der Waals surface area contributed by atoms with E-state index in [0.717, 1.165) is 58.3 Å². The van der Waals surface area contributed by atoms with Crippen LogP contribution in [0.15, 0.2) is 48.8 Å². The summed E-state index contributed by atoms with van der Waals surface area (Å²) in [5.74, 6) is 1.37. The van der Waals surface area contributed by atoms with Gasteiger partial charge in [-0.3, -0.25) is 9.69 Å². The maximum absolute atomic E-state index is 13.0. The van der Waals surface area contributed by atoms with Gasteiger partial charge in [0, 0.05) is 80.0 Å². The van der Waals surface area contributed by atoms with Gasteiger partial charge in [-0.05, 0) is 102 Å². The van der Waals surface area contributed by atoms with Crippen molar-refractivity contribution in [3.63, 3.8) is 0 Å². The van der Waals surface area contributed by atoms with Crippen LogP contribution in [0.2, 0.25) is 0 Å². The van der Waals surface area contributed by atoms with E-state index in [1.807, 2.05) is 95.2 Å². The van der Waals surface area contributed by atoms with Crippen molar-refractivity contribution < 1.29 is 33.3 Å². The van der Waals surface area contributed by atoms with E-state index in [-0.39, 0.29) is 12.5 Å². The molecule has 4 N–H and O–H groups in total. The van der Waals surface area contributed by atoms with Crippen molar-refractivity contribution in [1.29, 1.82) is 0 Å². The molecule has 3 amide bonds. The summed E-state index contributed by atoms with van der Waals surface area (Å²) < 4.78 is 22.7. The number of alkyl carbamates (subject to hydrolysis) is 2. The lowest BCUT2D eigenvalue weighted by atomic mass is 10.1. The molecule has 0 unspecified atom stereocenters. The largest absolute Gasteiger partial charge is 0.492 e. The number of hydrogen-bond acceptors (Lipinski definition) is 8. The molecule has 2 aromatic carbocycles. The third kappa shape index (κ3) is 11.3. The molecule has 0 bridgehead atoms. The van der Waals surface area contributed by atoms with Crippen LogP contribution >= 0.6 is 0 Å². The van der Waals surface area contributed by atoms with Crippen molar-refractivity contribution in [1.82, 2.24) is 30.4 Å². The maximum atomic E-state index is 13.0. The van der Waals surface area contributed by atoms with Crippen LogP contribution in [0, 0.1) is 0 Å². The van der Waals surface area contributed by atoms with Crippen LogP contribution in [0.1, 0.15) is 52.7 Å². The molecule has 13 nitrogen and oxygen atoms in total. The molecule has 5 rings (SSSR count). The van der Waals surface area contributed by atoms with Gasteiger partial charge in [0.05, 0.1) is 0 Å². The topological polar surface area (TPSA) is 150 Å². The number of hydrogen-bond donors (Lipinski definition) is 4. The average Bonchev–Trinajstić information content (AvgIpc) is 3.65. The van der Waals surface area contributed by atoms with E-state index in [2.05, 4.69) is 25.5 Å². The SMILES string of the molecule is CC(C)(C)OC(=O)NCCc1c[nH]c2ccc(OCCN3CCN(C(=O)COc4ccc5[nH]cc(CCNC(=O)OC(C)(C)C)c5c4)CC3)cc12. The standard InChI is InChI=1S/C38H52N6O7/c1-37(2,3)50-35(46)39-13-11-26-23-41-32-9-7-28(21-30(26)32)48-20-19-43-15-17-44(18-16-43)34(45)25-49-29-8-10-33-31(22-29)27(24-42-33)12-14-40-36(47)51-38(4,5)6/h7-10,21-24,41-42H,11-20,25H2,1-6H3,(H,39,46)(H,40,47). The second kappa shape index (κ2) is 16.4. The number of nitrogens with zero attached hydrogens (tertiary/aromatic N) is 2. The number of rotatable bonds is 13. The quantitative estimate of drug-likeness (QED) is 0.145. The molecule has 0 atom stereocenters. The van der Waals surface area contributed by atoms with Crippen molar-refractivity contribution in [3.8, 4) is 11.5 Å². The number of carbonyl (C=O) groups excluding carboxylic acids is 3. The smallest absolute Gasteiger partial charge is 0.407 e. The molecule has 51 heavy (non-hydrogen) atoms. The number of aromatic nitrogens is 2. The van der Waals surface area contributed by atoms with Crippen molar-refractivity contribution in [2.24, 2.45) is 0 Å². The zero-order valence-corrected chi connectivity index (χ0v) is 30.6. The summed E-state index contributed by atoms with van der Waals surface area (Å²) in [6.07, 6.45) is 4.31. The third-order valence-electron chi connectivity index (χ3n) is 8.37. The second-order valence-electron chi connectivity index (χ2n) is 14.8. The Labute approximate surface area is 299 Å².